The highest BCUT2D eigenvalue weighted by atomic mass is 16.6. The lowest BCUT2D eigenvalue weighted by atomic mass is 10.00. The molecule has 3 N–H and O–H groups in total. The van der Waals surface area contributed by atoms with Gasteiger partial charge in [0, 0.05) is 13.2 Å². The first-order valence-electron chi connectivity index (χ1n) is 5.16. The van der Waals surface area contributed by atoms with Crippen LogP contribution in [0.25, 0.3) is 0 Å². The number of hydrogen-bond acceptors (Lipinski definition) is 4. The van der Waals surface area contributed by atoms with Crippen molar-refractivity contribution in [3.05, 3.63) is 0 Å². The molecule has 1 aliphatic heterocycles. The molecular formula is C10H20N2O3. The van der Waals surface area contributed by atoms with E-state index in [4.69, 9.17) is 15.2 Å². The van der Waals surface area contributed by atoms with Gasteiger partial charge < -0.3 is 20.5 Å². The van der Waals surface area contributed by atoms with Gasteiger partial charge in [0.05, 0.1) is 12.1 Å². The zero-order valence-electron chi connectivity index (χ0n) is 9.63. The van der Waals surface area contributed by atoms with E-state index in [2.05, 4.69) is 5.32 Å². The van der Waals surface area contributed by atoms with Crippen LogP contribution in [0, 0.1) is 0 Å². The number of carbonyl (C=O) groups excluding carboxylic acids is 1. The van der Waals surface area contributed by atoms with Crippen molar-refractivity contribution in [3.63, 3.8) is 0 Å². The van der Waals surface area contributed by atoms with Gasteiger partial charge in [-0.15, -0.1) is 0 Å². The van der Waals surface area contributed by atoms with Crippen LogP contribution in [0.2, 0.25) is 0 Å². The molecule has 1 fully saturated rings. The van der Waals surface area contributed by atoms with Gasteiger partial charge in [-0.25, -0.2) is 4.79 Å². The highest BCUT2D eigenvalue weighted by Gasteiger charge is 2.36. The van der Waals surface area contributed by atoms with Gasteiger partial charge in [0.25, 0.3) is 0 Å². The summed E-state index contributed by atoms with van der Waals surface area (Å²) in [5.74, 6) is 0. The second-order valence-corrected chi connectivity index (χ2v) is 4.91. The number of nitrogens with two attached hydrogens (primary N) is 1. The van der Waals surface area contributed by atoms with Crippen LogP contribution < -0.4 is 11.1 Å². The van der Waals surface area contributed by atoms with Crippen molar-refractivity contribution < 1.29 is 14.3 Å². The Bertz CT molecular complexity index is 229. The van der Waals surface area contributed by atoms with E-state index in [1.165, 1.54) is 0 Å². The van der Waals surface area contributed by atoms with Crippen LogP contribution in [0.5, 0.6) is 0 Å². The molecule has 15 heavy (non-hydrogen) atoms. The fourth-order valence-electron chi connectivity index (χ4n) is 1.44. The minimum Gasteiger partial charge on any atom is -0.444 e. The molecule has 1 amide bonds. The molecule has 0 aliphatic carbocycles. The molecule has 0 aromatic heterocycles. The number of alkyl carbamates (subject to hydrolysis) is 1. The molecule has 5 nitrogen and oxygen atoms in total. The van der Waals surface area contributed by atoms with Gasteiger partial charge >= 0.3 is 6.09 Å². The van der Waals surface area contributed by atoms with Crippen molar-refractivity contribution in [3.8, 4) is 0 Å². The Morgan fingerprint density at radius 3 is 2.67 bits per heavy atom. The molecule has 5 heteroatoms. The summed E-state index contributed by atoms with van der Waals surface area (Å²) in [4.78, 5) is 11.5. The maximum Gasteiger partial charge on any atom is 0.408 e. The Labute approximate surface area is 90.3 Å². The van der Waals surface area contributed by atoms with Crippen molar-refractivity contribution in [2.24, 2.45) is 5.73 Å². The standard InChI is InChI=1S/C10H20N2O3/c1-9(2,3)15-8(13)12-10(6-11)4-5-14-7-10/h4-7,11H2,1-3H3,(H,12,13). The van der Waals surface area contributed by atoms with Crippen molar-refractivity contribution in [2.45, 2.75) is 38.3 Å². The highest BCUT2D eigenvalue weighted by molar-refractivity contribution is 5.69. The van der Waals surface area contributed by atoms with Crippen LogP contribution in [0.1, 0.15) is 27.2 Å². The summed E-state index contributed by atoms with van der Waals surface area (Å²) in [5, 5.41) is 2.79. The van der Waals surface area contributed by atoms with Gasteiger partial charge in [-0.05, 0) is 27.2 Å². The van der Waals surface area contributed by atoms with Crippen molar-refractivity contribution in [1.29, 1.82) is 0 Å². The van der Waals surface area contributed by atoms with Crippen molar-refractivity contribution >= 4 is 6.09 Å². The summed E-state index contributed by atoms with van der Waals surface area (Å²) >= 11 is 0. The summed E-state index contributed by atoms with van der Waals surface area (Å²) in [6.45, 7) is 6.94. The topological polar surface area (TPSA) is 73.6 Å². The van der Waals surface area contributed by atoms with Crippen molar-refractivity contribution in [1.82, 2.24) is 5.32 Å². The molecule has 0 bridgehead atoms. The summed E-state index contributed by atoms with van der Waals surface area (Å²) in [7, 11) is 0. The normalized spacial score (nSPS) is 26.4. The second-order valence-electron chi connectivity index (χ2n) is 4.91. The molecule has 1 atom stereocenters. The third-order valence-corrected chi connectivity index (χ3v) is 2.26. The number of ether oxygens (including phenoxy) is 2. The van der Waals surface area contributed by atoms with E-state index in [-0.39, 0.29) is 0 Å². The minimum atomic E-state index is -0.487. The molecule has 1 aliphatic rings. The summed E-state index contributed by atoms with van der Waals surface area (Å²) in [6.07, 6.45) is 0.307. The molecule has 88 valence electrons. The maximum atomic E-state index is 11.5. The zero-order valence-corrected chi connectivity index (χ0v) is 9.63. The lowest BCUT2D eigenvalue weighted by Gasteiger charge is -2.29. The SMILES string of the molecule is CC(C)(C)OC(=O)NC1(CN)CCOC1. The summed E-state index contributed by atoms with van der Waals surface area (Å²) < 4.78 is 10.4. The quantitative estimate of drug-likeness (QED) is 0.710. The van der Waals surface area contributed by atoms with Gasteiger partial charge in [0.15, 0.2) is 0 Å². The van der Waals surface area contributed by atoms with Gasteiger partial charge in [0.1, 0.15) is 5.60 Å². The minimum absolute atomic E-state index is 0.367. The van der Waals surface area contributed by atoms with Crippen LogP contribution in [-0.4, -0.2) is 37.0 Å². The number of hydrogen-bond donors (Lipinski definition) is 2. The third kappa shape index (κ3) is 3.68. The predicted molar refractivity (Wildman–Crippen MR) is 56.6 cm³/mol. The molecule has 0 spiro atoms. The Kier molecular flexibility index (Phi) is 3.57. The summed E-state index contributed by atoms with van der Waals surface area (Å²) in [5.41, 5.74) is 4.70. The number of nitrogens with one attached hydrogen (secondary N) is 1. The van der Waals surface area contributed by atoms with Crippen LogP contribution in [-0.2, 0) is 9.47 Å². The van der Waals surface area contributed by atoms with E-state index in [9.17, 15) is 4.79 Å². The molecule has 1 heterocycles. The Morgan fingerprint density at radius 1 is 1.60 bits per heavy atom. The molecule has 0 aromatic carbocycles. The molecule has 1 unspecified atom stereocenters. The van der Waals surface area contributed by atoms with E-state index in [0.717, 1.165) is 6.42 Å². The third-order valence-electron chi connectivity index (χ3n) is 2.26. The molecule has 0 aromatic rings. The smallest absolute Gasteiger partial charge is 0.408 e. The summed E-state index contributed by atoms with van der Waals surface area (Å²) in [6, 6.07) is 0. The molecule has 0 radical (unpaired) electrons. The van der Waals surface area contributed by atoms with E-state index in [0.29, 0.717) is 19.8 Å². The van der Waals surface area contributed by atoms with Crippen LogP contribution in [0.4, 0.5) is 4.79 Å². The van der Waals surface area contributed by atoms with E-state index >= 15 is 0 Å². The fraction of sp³-hybridized carbons (Fsp3) is 0.900. The monoisotopic (exact) mass is 216 g/mol. The molecule has 1 rings (SSSR count). The first-order chi connectivity index (χ1) is 6.87. The Balaban J connectivity index is 2.49. The van der Waals surface area contributed by atoms with E-state index in [1.54, 1.807) is 0 Å². The second kappa shape index (κ2) is 4.37. The first kappa shape index (κ1) is 12.3. The van der Waals surface area contributed by atoms with Crippen LogP contribution in [0.3, 0.4) is 0 Å². The lowest BCUT2D eigenvalue weighted by Crippen LogP contribution is -2.55. The van der Waals surface area contributed by atoms with Gasteiger partial charge in [-0.1, -0.05) is 0 Å². The molecule has 1 saturated heterocycles. The lowest BCUT2D eigenvalue weighted by molar-refractivity contribution is 0.0445. The predicted octanol–water partition coefficient (Wildman–Crippen LogP) is 0.629. The van der Waals surface area contributed by atoms with Gasteiger partial charge in [-0.3, -0.25) is 0 Å². The van der Waals surface area contributed by atoms with E-state index in [1.807, 2.05) is 20.8 Å². The number of rotatable bonds is 2. The van der Waals surface area contributed by atoms with Crippen LogP contribution >= 0.6 is 0 Å². The molecule has 0 saturated carbocycles. The van der Waals surface area contributed by atoms with Gasteiger partial charge in [0.2, 0.25) is 0 Å². The van der Waals surface area contributed by atoms with Gasteiger partial charge in [-0.2, -0.15) is 0 Å². The largest absolute Gasteiger partial charge is 0.444 e. The average Bonchev–Trinajstić information content (AvgIpc) is 2.50. The number of amides is 1. The Hall–Kier alpha value is -0.810. The highest BCUT2D eigenvalue weighted by Crippen LogP contribution is 2.18. The fourth-order valence-corrected chi connectivity index (χ4v) is 1.44. The maximum absolute atomic E-state index is 11.5. The van der Waals surface area contributed by atoms with E-state index < -0.39 is 17.2 Å². The molecular weight excluding hydrogens is 196 g/mol. The Morgan fingerprint density at radius 2 is 2.27 bits per heavy atom. The zero-order chi connectivity index (χ0) is 11.5. The average molecular weight is 216 g/mol. The van der Waals surface area contributed by atoms with Crippen LogP contribution in [0.15, 0.2) is 0 Å². The van der Waals surface area contributed by atoms with Crippen molar-refractivity contribution in [2.75, 3.05) is 19.8 Å². The number of carbonyl (C=O) groups is 1. The first-order valence-corrected chi connectivity index (χ1v) is 5.16.